The Balaban J connectivity index is 0.000000290. The number of H-pyrrole nitrogens is 1. The van der Waals surface area contributed by atoms with Crippen LogP contribution in [0, 0.1) is 18.3 Å². The predicted molar refractivity (Wildman–Crippen MR) is 109 cm³/mol. The number of nitrogens with one attached hydrogen (secondary N) is 2. The van der Waals surface area contributed by atoms with E-state index in [1.54, 1.807) is 18.2 Å². The molecule has 3 aromatic rings. The molecule has 1 saturated carbocycles. The summed E-state index contributed by atoms with van der Waals surface area (Å²) < 4.78 is 0. The second kappa shape index (κ2) is 9.61. The number of aryl methyl sites for hydroxylation is 1. The zero-order valence-electron chi connectivity index (χ0n) is 16.3. The number of nitriles is 1. The fourth-order valence-corrected chi connectivity index (χ4v) is 2.97. The van der Waals surface area contributed by atoms with Crippen molar-refractivity contribution in [2.75, 3.05) is 5.32 Å². The van der Waals surface area contributed by atoms with Crippen molar-refractivity contribution < 1.29 is 5.11 Å². The van der Waals surface area contributed by atoms with Gasteiger partial charge < -0.3 is 16.2 Å². The van der Waals surface area contributed by atoms with Gasteiger partial charge in [0.1, 0.15) is 23.3 Å². The fraction of sp³-hybridized carbons (Fsp3) is 0.350. The second-order valence-corrected chi connectivity index (χ2v) is 6.91. The maximum absolute atomic E-state index is 9.86. The normalized spacial score (nSPS) is 13.8. The van der Waals surface area contributed by atoms with Crippen molar-refractivity contribution in [3.05, 3.63) is 42.0 Å². The molecular formula is C20H24N8O. The van der Waals surface area contributed by atoms with Gasteiger partial charge in [-0.05, 0) is 31.9 Å². The highest BCUT2D eigenvalue weighted by molar-refractivity contribution is 5.66. The number of aromatic hydroxyl groups is 1. The second-order valence-electron chi connectivity index (χ2n) is 6.91. The van der Waals surface area contributed by atoms with Crippen molar-refractivity contribution in [3.63, 3.8) is 0 Å². The molecule has 9 heteroatoms. The third-order valence-electron chi connectivity index (χ3n) is 4.52. The maximum atomic E-state index is 9.86. The summed E-state index contributed by atoms with van der Waals surface area (Å²) in [5, 5.41) is 28.4. The zero-order valence-corrected chi connectivity index (χ0v) is 16.3. The molecule has 0 aromatic carbocycles. The van der Waals surface area contributed by atoms with Gasteiger partial charge in [0, 0.05) is 17.8 Å². The average Bonchev–Trinajstić information content (AvgIpc) is 3.20. The molecule has 3 heterocycles. The molecule has 1 fully saturated rings. The Bertz CT molecular complexity index is 971. The van der Waals surface area contributed by atoms with E-state index < -0.39 is 0 Å². The summed E-state index contributed by atoms with van der Waals surface area (Å²) in [6.07, 6.45) is 9.47. The van der Waals surface area contributed by atoms with E-state index in [0.717, 1.165) is 5.69 Å². The molecule has 1 aliphatic carbocycles. The van der Waals surface area contributed by atoms with E-state index in [4.69, 9.17) is 11.0 Å². The first-order valence-corrected chi connectivity index (χ1v) is 9.52. The molecule has 150 valence electrons. The van der Waals surface area contributed by atoms with Crippen LogP contribution in [0.25, 0.3) is 11.4 Å². The molecule has 0 radical (unpaired) electrons. The van der Waals surface area contributed by atoms with Crippen molar-refractivity contribution >= 4 is 11.6 Å². The van der Waals surface area contributed by atoms with E-state index in [1.165, 1.54) is 44.5 Å². The largest absolute Gasteiger partial charge is 0.506 e. The Morgan fingerprint density at radius 3 is 2.59 bits per heavy atom. The van der Waals surface area contributed by atoms with E-state index in [1.807, 2.05) is 13.0 Å². The van der Waals surface area contributed by atoms with E-state index >= 15 is 0 Å². The highest BCUT2D eigenvalue weighted by Crippen LogP contribution is 2.27. The molecule has 29 heavy (non-hydrogen) atoms. The minimum atomic E-state index is 0.0685. The molecule has 0 amide bonds. The van der Waals surface area contributed by atoms with Crippen LogP contribution < -0.4 is 11.1 Å². The van der Waals surface area contributed by atoms with Crippen LogP contribution in [0.15, 0.2) is 30.6 Å². The highest BCUT2D eigenvalue weighted by atomic mass is 16.3. The van der Waals surface area contributed by atoms with Gasteiger partial charge >= 0.3 is 0 Å². The third-order valence-corrected chi connectivity index (χ3v) is 4.52. The molecule has 5 N–H and O–H groups in total. The Morgan fingerprint density at radius 1 is 1.17 bits per heavy atom. The molecule has 0 bridgehead atoms. The van der Waals surface area contributed by atoms with Gasteiger partial charge in [-0.25, -0.2) is 15.0 Å². The predicted octanol–water partition coefficient (Wildman–Crippen LogP) is 3.17. The summed E-state index contributed by atoms with van der Waals surface area (Å²) in [6.45, 7) is 1.84. The molecule has 4 rings (SSSR count). The van der Waals surface area contributed by atoms with Crippen molar-refractivity contribution in [2.45, 2.75) is 45.1 Å². The zero-order chi connectivity index (χ0) is 20.6. The monoisotopic (exact) mass is 392 g/mol. The van der Waals surface area contributed by atoms with Crippen LogP contribution in [-0.2, 0) is 0 Å². The topological polar surface area (TPSA) is 149 Å². The molecule has 0 unspecified atom stereocenters. The number of nitrogens with two attached hydrogens (primary N) is 1. The van der Waals surface area contributed by atoms with Gasteiger partial charge in [0.05, 0.1) is 18.1 Å². The van der Waals surface area contributed by atoms with Gasteiger partial charge in [-0.2, -0.15) is 10.4 Å². The Labute approximate surface area is 169 Å². The summed E-state index contributed by atoms with van der Waals surface area (Å²) in [6, 6.07) is 7.43. The number of nitrogens with zero attached hydrogens (tertiary/aromatic N) is 5. The standard InChI is InChI=1S/C14H11N7O.C6H13N/c1-8-2-3-11(22)14(18-8)10-4-12(21-20-10)19-13-7-16-9(5-15)6-17-13;7-6-4-2-1-3-5-6/h2-4,6-7,22H,1H3,(H2,17,19,20,21);6H,1-5,7H2. The minimum Gasteiger partial charge on any atom is -0.506 e. The quantitative estimate of drug-likeness (QED) is 0.531. The molecule has 1 aliphatic rings. The van der Waals surface area contributed by atoms with E-state index in [2.05, 4.69) is 30.5 Å². The number of pyridine rings is 1. The maximum Gasteiger partial charge on any atom is 0.158 e. The Morgan fingerprint density at radius 2 is 1.97 bits per heavy atom. The van der Waals surface area contributed by atoms with Gasteiger partial charge in [-0.1, -0.05) is 19.3 Å². The summed E-state index contributed by atoms with van der Waals surface area (Å²) in [5.74, 6) is 1.02. The van der Waals surface area contributed by atoms with Crippen molar-refractivity contribution in [3.8, 4) is 23.2 Å². The van der Waals surface area contributed by atoms with Gasteiger partial charge in [0.25, 0.3) is 0 Å². The summed E-state index contributed by atoms with van der Waals surface area (Å²) in [5.41, 5.74) is 7.66. The molecule has 0 atom stereocenters. The Hall–Kier alpha value is -3.51. The number of hydrogen-bond acceptors (Lipinski definition) is 8. The number of anilines is 2. The lowest BCUT2D eigenvalue weighted by Crippen LogP contribution is -2.22. The first kappa shape index (κ1) is 20.2. The number of rotatable bonds is 3. The molecular weight excluding hydrogens is 368 g/mol. The SMILES string of the molecule is Cc1ccc(O)c(-c2cc(Nc3cnc(C#N)cn3)n[nH]2)n1.NC1CCCCC1. The smallest absolute Gasteiger partial charge is 0.158 e. The number of aromatic nitrogens is 5. The lowest BCUT2D eigenvalue weighted by atomic mass is 9.97. The van der Waals surface area contributed by atoms with Crippen LogP contribution in [0.2, 0.25) is 0 Å². The number of aromatic amines is 1. The van der Waals surface area contributed by atoms with E-state index in [-0.39, 0.29) is 11.4 Å². The third kappa shape index (κ3) is 5.73. The van der Waals surface area contributed by atoms with Crippen LogP contribution in [0.5, 0.6) is 5.75 Å². The molecule has 0 aliphatic heterocycles. The summed E-state index contributed by atoms with van der Waals surface area (Å²) in [7, 11) is 0. The number of hydrogen-bond donors (Lipinski definition) is 4. The van der Waals surface area contributed by atoms with Crippen molar-refractivity contribution in [2.24, 2.45) is 5.73 Å². The van der Waals surface area contributed by atoms with Crippen LogP contribution in [0.1, 0.15) is 43.5 Å². The lowest BCUT2D eigenvalue weighted by molar-refractivity contribution is 0.441. The molecule has 3 aromatic heterocycles. The van der Waals surface area contributed by atoms with Crippen LogP contribution >= 0.6 is 0 Å². The fourth-order valence-electron chi connectivity index (χ4n) is 2.97. The van der Waals surface area contributed by atoms with E-state index in [9.17, 15) is 5.11 Å². The molecule has 9 nitrogen and oxygen atoms in total. The van der Waals surface area contributed by atoms with Gasteiger partial charge in [0.15, 0.2) is 11.5 Å². The average molecular weight is 392 g/mol. The first-order valence-electron chi connectivity index (χ1n) is 9.52. The minimum absolute atomic E-state index is 0.0685. The summed E-state index contributed by atoms with van der Waals surface area (Å²) in [4.78, 5) is 12.2. The van der Waals surface area contributed by atoms with Gasteiger partial charge in [0.2, 0.25) is 0 Å². The van der Waals surface area contributed by atoms with E-state index in [0.29, 0.717) is 29.1 Å². The Kier molecular flexibility index (Phi) is 6.71. The molecule has 0 saturated heterocycles. The van der Waals surface area contributed by atoms with Crippen LogP contribution in [0.3, 0.4) is 0 Å². The van der Waals surface area contributed by atoms with Crippen molar-refractivity contribution in [1.29, 1.82) is 5.26 Å². The highest BCUT2D eigenvalue weighted by Gasteiger charge is 2.11. The van der Waals surface area contributed by atoms with Crippen LogP contribution in [0.4, 0.5) is 11.6 Å². The summed E-state index contributed by atoms with van der Waals surface area (Å²) >= 11 is 0. The molecule has 0 spiro atoms. The van der Waals surface area contributed by atoms with Crippen molar-refractivity contribution in [1.82, 2.24) is 25.1 Å². The van der Waals surface area contributed by atoms with Gasteiger partial charge in [-0.15, -0.1) is 0 Å². The first-order chi connectivity index (χ1) is 14.0. The van der Waals surface area contributed by atoms with Gasteiger partial charge in [-0.3, -0.25) is 5.10 Å². The van der Waals surface area contributed by atoms with Crippen LogP contribution in [-0.4, -0.2) is 36.3 Å². The lowest BCUT2D eigenvalue weighted by Gasteiger charge is -2.15.